The molecule has 1 rings (SSSR count). The highest BCUT2D eigenvalue weighted by molar-refractivity contribution is 7.80. The van der Waals surface area contributed by atoms with E-state index in [-0.39, 0.29) is 10.6 Å². The van der Waals surface area contributed by atoms with Crippen molar-refractivity contribution in [3.05, 3.63) is 35.1 Å². The molecule has 0 spiro atoms. The van der Waals surface area contributed by atoms with Crippen molar-refractivity contribution in [3.63, 3.8) is 0 Å². The fourth-order valence-corrected chi connectivity index (χ4v) is 1.28. The molecular formula is C12H15FN2OS. The zero-order valence-electron chi connectivity index (χ0n) is 10.0. The van der Waals surface area contributed by atoms with Crippen LogP contribution in [0.1, 0.15) is 29.8 Å². The van der Waals surface area contributed by atoms with Crippen LogP contribution in [0.4, 0.5) is 4.39 Å². The normalized spacial score (nSPS) is 11.1. The number of carbonyl (C=O) groups is 1. The molecule has 0 heterocycles. The fraction of sp³-hybridized carbons (Fsp3) is 0.333. The summed E-state index contributed by atoms with van der Waals surface area (Å²) in [6.45, 7) is 5.12. The molecule has 17 heavy (non-hydrogen) atoms. The lowest BCUT2D eigenvalue weighted by Crippen LogP contribution is -2.52. The molecule has 0 saturated carbocycles. The Morgan fingerprint density at radius 3 is 2.59 bits per heavy atom. The monoisotopic (exact) mass is 254 g/mol. The molecule has 0 aliphatic rings. The van der Waals surface area contributed by atoms with Crippen LogP contribution in [0.3, 0.4) is 0 Å². The van der Waals surface area contributed by atoms with Gasteiger partial charge in [-0.3, -0.25) is 4.79 Å². The first-order valence-corrected chi connectivity index (χ1v) is 5.53. The number of rotatable bonds is 3. The van der Waals surface area contributed by atoms with Gasteiger partial charge in [0.25, 0.3) is 5.91 Å². The summed E-state index contributed by atoms with van der Waals surface area (Å²) in [5.41, 5.74) is 5.45. The number of thiocarbonyl (C=S) groups is 1. The largest absolute Gasteiger partial charge is 0.391 e. The summed E-state index contributed by atoms with van der Waals surface area (Å²) >= 11 is 4.83. The molecule has 3 nitrogen and oxygen atoms in total. The van der Waals surface area contributed by atoms with Crippen molar-refractivity contribution in [1.29, 1.82) is 0 Å². The molecule has 0 radical (unpaired) electrons. The molecule has 0 aliphatic heterocycles. The maximum Gasteiger partial charge on any atom is 0.255 e. The van der Waals surface area contributed by atoms with Crippen LogP contribution in [0.15, 0.2) is 18.2 Å². The first-order chi connectivity index (χ1) is 7.74. The van der Waals surface area contributed by atoms with Crippen LogP contribution >= 0.6 is 12.2 Å². The fourth-order valence-electron chi connectivity index (χ4n) is 1.23. The summed E-state index contributed by atoms with van der Waals surface area (Å²) in [5, 5.41) is 2.59. The highest BCUT2D eigenvalue weighted by atomic mass is 32.1. The minimum Gasteiger partial charge on any atom is -0.391 e. The number of hydrogen-bond donors (Lipinski definition) is 2. The summed E-state index contributed by atoms with van der Waals surface area (Å²) in [5.74, 6) is -1.09. The molecule has 5 heteroatoms. The molecular weight excluding hydrogens is 239 g/mol. The van der Waals surface area contributed by atoms with Gasteiger partial charge in [-0.1, -0.05) is 23.8 Å². The molecule has 1 amide bonds. The van der Waals surface area contributed by atoms with Gasteiger partial charge < -0.3 is 11.1 Å². The lowest BCUT2D eigenvalue weighted by atomic mass is 10.0. The van der Waals surface area contributed by atoms with E-state index in [1.807, 2.05) is 0 Å². The van der Waals surface area contributed by atoms with E-state index in [0.29, 0.717) is 0 Å². The zero-order chi connectivity index (χ0) is 13.2. The smallest absolute Gasteiger partial charge is 0.255 e. The topological polar surface area (TPSA) is 55.1 Å². The number of halogens is 1. The van der Waals surface area contributed by atoms with E-state index < -0.39 is 17.3 Å². The van der Waals surface area contributed by atoms with Crippen molar-refractivity contribution in [2.75, 3.05) is 0 Å². The molecule has 0 fully saturated rings. The van der Waals surface area contributed by atoms with Gasteiger partial charge in [0.1, 0.15) is 5.82 Å². The van der Waals surface area contributed by atoms with Crippen molar-refractivity contribution in [1.82, 2.24) is 5.32 Å². The first-order valence-electron chi connectivity index (χ1n) is 5.12. The predicted octanol–water partition coefficient (Wildman–Crippen LogP) is 1.93. The SMILES string of the molecule is Cc1ccc(F)c(C(=O)NC(C)(C)C(N)=S)c1. The Labute approximate surface area is 105 Å². The first kappa shape index (κ1) is 13.6. The van der Waals surface area contributed by atoms with Crippen LogP contribution in [-0.2, 0) is 0 Å². The van der Waals surface area contributed by atoms with Crippen LogP contribution in [0.2, 0.25) is 0 Å². The molecule has 0 aromatic heterocycles. The molecule has 1 aromatic rings. The summed E-state index contributed by atoms with van der Waals surface area (Å²) in [4.78, 5) is 12.0. The maximum absolute atomic E-state index is 13.5. The molecule has 0 unspecified atom stereocenters. The van der Waals surface area contributed by atoms with Crippen LogP contribution in [0.5, 0.6) is 0 Å². The molecule has 0 bridgehead atoms. The number of hydrogen-bond acceptors (Lipinski definition) is 2. The van der Waals surface area contributed by atoms with E-state index in [1.165, 1.54) is 12.1 Å². The average Bonchev–Trinajstić information content (AvgIpc) is 2.20. The third-order valence-corrected chi connectivity index (χ3v) is 2.92. The van der Waals surface area contributed by atoms with Gasteiger partial charge >= 0.3 is 0 Å². The van der Waals surface area contributed by atoms with Crippen LogP contribution in [0.25, 0.3) is 0 Å². The number of aryl methyl sites for hydroxylation is 1. The Morgan fingerprint density at radius 1 is 1.47 bits per heavy atom. The lowest BCUT2D eigenvalue weighted by Gasteiger charge is -2.24. The number of amides is 1. The van der Waals surface area contributed by atoms with E-state index >= 15 is 0 Å². The minimum atomic E-state index is -0.845. The molecule has 0 saturated heterocycles. The van der Waals surface area contributed by atoms with Gasteiger partial charge in [0.05, 0.1) is 16.1 Å². The number of carbonyl (C=O) groups excluding carboxylic acids is 1. The van der Waals surface area contributed by atoms with Crippen molar-refractivity contribution >= 4 is 23.1 Å². The number of nitrogens with one attached hydrogen (secondary N) is 1. The van der Waals surface area contributed by atoms with Gasteiger partial charge in [-0.2, -0.15) is 0 Å². The van der Waals surface area contributed by atoms with Crippen molar-refractivity contribution in [3.8, 4) is 0 Å². The number of benzene rings is 1. The van der Waals surface area contributed by atoms with Gasteiger partial charge in [-0.25, -0.2) is 4.39 Å². The lowest BCUT2D eigenvalue weighted by molar-refractivity contribution is 0.0928. The third kappa shape index (κ3) is 3.23. The van der Waals surface area contributed by atoms with Gasteiger partial charge in [-0.15, -0.1) is 0 Å². The van der Waals surface area contributed by atoms with Gasteiger partial charge in [0.2, 0.25) is 0 Å². The summed E-state index contributed by atoms with van der Waals surface area (Å²) in [6, 6.07) is 4.35. The second-order valence-corrected chi connectivity index (χ2v) is 4.87. The van der Waals surface area contributed by atoms with Gasteiger partial charge in [-0.05, 0) is 32.9 Å². The summed E-state index contributed by atoms with van der Waals surface area (Å²) in [6.07, 6.45) is 0. The van der Waals surface area contributed by atoms with E-state index in [0.717, 1.165) is 5.56 Å². The second kappa shape index (κ2) is 4.79. The molecule has 92 valence electrons. The maximum atomic E-state index is 13.5. The third-order valence-electron chi connectivity index (χ3n) is 2.41. The van der Waals surface area contributed by atoms with Gasteiger partial charge in [0, 0.05) is 0 Å². The number of nitrogens with two attached hydrogens (primary N) is 1. The predicted molar refractivity (Wildman–Crippen MR) is 69.5 cm³/mol. The van der Waals surface area contributed by atoms with Crippen molar-refractivity contribution < 1.29 is 9.18 Å². The molecule has 3 N–H and O–H groups in total. The quantitative estimate of drug-likeness (QED) is 0.810. The van der Waals surface area contributed by atoms with Crippen molar-refractivity contribution in [2.24, 2.45) is 5.73 Å². The van der Waals surface area contributed by atoms with Crippen molar-refractivity contribution in [2.45, 2.75) is 26.3 Å². The molecule has 0 aliphatic carbocycles. The highest BCUT2D eigenvalue weighted by Crippen LogP contribution is 2.12. The van der Waals surface area contributed by atoms with Gasteiger partial charge in [0.15, 0.2) is 0 Å². The summed E-state index contributed by atoms with van der Waals surface area (Å²) < 4.78 is 13.5. The molecule has 1 aromatic carbocycles. The molecule has 0 atom stereocenters. The van der Waals surface area contributed by atoms with Crippen LogP contribution in [0, 0.1) is 12.7 Å². The Hall–Kier alpha value is -1.49. The Kier molecular flexibility index (Phi) is 3.83. The zero-order valence-corrected chi connectivity index (χ0v) is 10.8. The minimum absolute atomic E-state index is 0.00525. The Morgan fingerprint density at radius 2 is 2.06 bits per heavy atom. The average molecular weight is 254 g/mol. The highest BCUT2D eigenvalue weighted by Gasteiger charge is 2.25. The van der Waals surface area contributed by atoms with Crippen LogP contribution < -0.4 is 11.1 Å². The van der Waals surface area contributed by atoms with E-state index in [4.69, 9.17) is 18.0 Å². The van der Waals surface area contributed by atoms with E-state index in [2.05, 4.69) is 5.32 Å². The second-order valence-electron chi connectivity index (χ2n) is 4.43. The van der Waals surface area contributed by atoms with E-state index in [1.54, 1.807) is 26.8 Å². The Bertz CT molecular complexity index is 472. The summed E-state index contributed by atoms with van der Waals surface area (Å²) in [7, 11) is 0. The standard InChI is InChI=1S/C12H15FN2OS/c1-7-4-5-9(13)8(6-7)10(16)15-12(2,3)11(14)17/h4-6H,1-3H3,(H2,14,17)(H,15,16). The van der Waals surface area contributed by atoms with Crippen LogP contribution in [-0.4, -0.2) is 16.4 Å². The Balaban J connectivity index is 2.98. The van der Waals surface area contributed by atoms with E-state index in [9.17, 15) is 9.18 Å².